The van der Waals surface area contributed by atoms with Crippen LogP contribution < -0.4 is 5.73 Å². The molecule has 0 fully saturated rings. The van der Waals surface area contributed by atoms with Gasteiger partial charge in [0.25, 0.3) is 0 Å². The summed E-state index contributed by atoms with van der Waals surface area (Å²) in [4.78, 5) is 10.2. The maximum Gasteiger partial charge on any atom is 0.217 e. The molecular formula is C7H13NO. The highest BCUT2D eigenvalue weighted by molar-refractivity contribution is 5.73. The van der Waals surface area contributed by atoms with Crippen molar-refractivity contribution in [1.29, 1.82) is 0 Å². The lowest BCUT2D eigenvalue weighted by atomic mass is 10.2. The van der Waals surface area contributed by atoms with Crippen LogP contribution in [-0.4, -0.2) is 5.91 Å². The quantitative estimate of drug-likeness (QED) is 0.567. The van der Waals surface area contributed by atoms with E-state index in [9.17, 15) is 4.79 Å². The molecule has 0 saturated heterocycles. The van der Waals surface area contributed by atoms with E-state index in [-0.39, 0.29) is 5.91 Å². The summed E-state index contributed by atoms with van der Waals surface area (Å²) in [5, 5.41) is 0. The van der Waals surface area contributed by atoms with E-state index in [0.717, 1.165) is 12.8 Å². The van der Waals surface area contributed by atoms with Crippen LogP contribution in [0.15, 0.2) is 12.2 Å². The fourth-order valence-electron chi connectivity index (χ4n) is 0.510. The summed E-state index contributed by atoms with van der Waals surface area (Å²) < 4.78 is 0. The van der Waals surface area contributed by atoms with Crippen molar-refractivity contribution in [2.75, 3.05) is 0 Å². The molecule has 0 aromatic heterocycles. The SMILES string of the molecule is CC/C=C\CCC(N)=O. The summed E-state index contributed by atoms with van der Waals surface area (Å²) in [5.41, 5.74) is 4.90. The Morgan fingerprint density at radius 3 is 2.67 bits per heavy atom. The minimum atomic E-state index is -0.226. The first-order valence-electron chi connectivity index (χ1n) is 3.20. The van der Waals surface area contributed by atoms with Gasteiger partial charge in [0, 0.05) is 6.42 Å². The summed E-state index contributed by atoms with van der Waals surface area (Å²) in [6.45, 7) is 2.06. The molecule has 0 radical (unpaired) electrons. The molecule has 0 heterocycles. The smallest absolute Gasteiger partial charge is 0.217 e. The number of carbonyl (C=O) groups is 1. The summed E-state index contributed by atoms with van der Waals surface area (Å²) >= 11 is 0. The molecule has 0 aromatic carbocycles. The van der Waals surface area contributed by atoms with Crippen molar-refractivity contribution in [3.8, 4) is 0 Å². The molecule has 0 bridgehead atoms. The van der Waals surface area contributed by atoms with E-state index in [1.165, 1.54) is 0 Å². The minimum Gasteiger partial charge on any atom is -0.370 e. The Hall–Kier alpha value is -0.790. The molecular weight excluding hydrogens is 114 g/mol. The second-order valence-corrected chi connectivity index (χ2v) is 1.88. The largest absolute Gasteiger partial charge is 0.370 e. The van der Waals surface area contributed by atoms with Crippen LogP contribution in [0.1, 0.15) is 26.2 Å². The van der Waals surface area contributed by atoms with Gasteiger partial charge >= 0.3 is 0 Å². The average molecular weight is 127 g/mol. The van der Waals surface area contributed by atoms with Gasteiger partial charge in [-0.3, -0.25) is 4.79 Å². The zero-order valence-electron chi connectivity index (χ0n) is 5.76. The van der Waals surface area contributed by atoms with Crippen molar-refractivity contribution in [3.63, 3.8) is 0 Å². The van der Waals surface area contributed by atoms with Gasteiger partial charge in [0.2, 0.25) is 5.91 Å². The Balaban J connectivity index is 3.09. The van der Waals surface area contributed by atoms with Crippen LogP contribution in [0, 0.1) is 0 Å². The number of hydrogen-bond donors (Lipinski definition) is 1. The molecule has 1 amide bonds. The van der Waals surface area contributed by atoms with Gasteiger partial charge in [0.1, 0.15) is 0 Å². The van der Waals surface area contributed by atoms with Gasteiger partial charge in [-0.1, -0.05) is 19.1 Å². The van der Waals surface area contributed by atoms with Gasteiger partial charge in [-0.25, -0.2) is 0 Å². The zero-order valence-corrected chi connectivity index (χ0v) is 5.76. The first kappa shape index (κ1) is 8.21. The van der Waals surface area contributed by atoms with Gasteiger partial charge < -0.3 is 5.73 Å². The van der Waals surface area contributed by atoms with Gasteiger partial charge in [-0.05, 0) is 12.8 Å². The number of carbonyl (C=O) groups excluding carboxylic acids is 1. The molecule has 2 nitrogen and oxygen atoms in total. The van der Waals surface area contributed by atoms with Crippen molar-refractivity contribution in [3.05, 3.63) is 12.2 Å². The third-order valence-electron chi connectivity index (χ3n) is 0.960. The van der Waals surface area contributed by atoms with Crippen LogP contribution in [0.2, 0.25) is 0 Å². The first-order valence-corrected chi connectivity index (χ1v) is 3.20. The predicted octanol–water partition coefficient (Wildman–Crippen LogP) is 1.22. The molecule has 0 aliphatic heterocycles. The highest BCUT2D eigenvalue weighted by Gasteiger charge is 1.87. The zero-order chi connectivity index (χ0) is 7.11. The Morgan fingerprint density at radius 2 is 2.22 bits per heavy atom. The minimum absolute atomic E-state index is 0.226. The molecule has 0 aromatic rings. The molecule has 0 atom stereocenters. The van der Waals surface area contributed by atoms with Crippen LogP contribution in [0.4, 0.5) is 0 Å². The fraction of sp³-hybridized carbons (Fsp3) is 0.571. The standard InChI is InChI=1S/C7H13NO/c1-2-3-4-5-6-7(8)9/h3-4H,2,5-6H2,1H3,(H2,8,9)/b4-3-. The highest BCUT2D eigenvalue weighted by atomic mass is 16.1. The summed E-state index contributed by atoms with van der Waals surface area (Å²) in [5.74, 6) is -0.226. The monoisotopic (exact) mass is 127 g/mol. The molecule has 0 aliphatic carbocycles. The fourth-order valence-corrected chi connectivity index (χ4v) is 0.510. The van der Waals surface area contributed by atoms with Gasteiger partial charge in [-0.15, -0.1) is 0 Å². The van der Waals surface area contributed by atoms with E-state index in [0.29, 0.717) is 6.42 Å². The van der Waals surface area contributed by atoms with E-state index in [2.05, 4.69) is 6.92 Å². The average Bonchev–Trinajstić information content (AvgIpc) is 1.80. The normalized spacial score (nSPS) is 10.3. The van der Waals surface area contributed by atoms with Crippen LogP contribution in [0.3, 0.4) is 0 Å². The second kappa shape index (κ2) is 5.35. The van der Waals surface area contributed by atoms with E-state index in [1.54, 1.807) is 0 Å². The van der Waals surface area contributed by atoms with Crippen molar-refractivity contribution in [2.24, 2.45) is 5.73 Å². The first-order chi connectivity index (χ1) is 4.27. The molecule has 0 saturated carbocycles. The Morgan fingerprint density at radius 1 is 1.56 bits per heavy atom. The Bertz CT molecular complexity index is 107. The van der Waals surface area contributed by atoms with E-state index in [1.807, 2.05) is 12.2 Å². The van der Waals surface area contributed by atoms with Gasteiger partial charge in [-0.2, -0.15) is 0 Å². The maximum atomic E-state index is 10.2. The third-order valence-corrected chi connectivity index (χ3v) is 0.960. The number of rotatable bonds is 4. The molecule has 52 valence electrons. The topological polar surface area (TPSA) is 43.1 Å². The number of hydrogen-bond acceptors (Lipinski definition) is 1. The molecule has 0 spiro atoms. The summed E-state index contributed by atoms with van der Waals surface area (Å²) in [7, 11) is 0. The van der Waals surface area contributed by atoms with Crippen molar-refractivity contribution in [2.45, 2.75) is 26.2 Å². The molecule has 0 aliphatic rings. The van der Waals surface area contributed by atoms with Gasteiger partial charge in [0.15, 0.2) is 0 Å². The van der Waals surface area contributed by atoms with Crippen LogP contribution in [0.25, 0.3) is 0 Å². The predicted molar refractivity (Wildman–Crippen MR) is 37.9 cm³/mol. The van der Waals surface area contributed by atoms with Crippen molar-refractivity contribution >= 4 is 5.91 Å². The molecule has 9 heavy (non-hydrogen) atoms. The van der Waals surface area contributed by atoms with Gasteiger partial charge in [0.05, 0.1) is 0 Å². The lowest BCUT2D eigenvalue weighted by molar-refractivity contribution is -0.117. The van der Waals surface area contributed by atoms with Crippen molar-refractivity contribution < 1.29 is 4.79 Å². The molecule has 2 N–H and O–H groups in total. The summed E-state index contributed by atoms with van der Waals surface area (Å²) in [6.07, 6.45) is 6.28. The van der Waals surface area contributed by atoms with Crippen LogP contribution in [-0.2, 0) is 4.79 Å². The lowest BCUT2D eigenvalue weighted by Crippen LogP contribution is -2.08. The Kier molecular flexibility index (Phi) is 4.88. The van der Waals surface area contributed by atoms with E-state index < -0.39 is 0 Å². The number of allylic oxidation sites excluding steroid dienone is 2. The molecule has 0 rings (SSSR count). The number of amides is 1. The highest BCUT2D eigenvalue weighted by Crippen LogP contribution is 1.90. The molecule has 0 unspecified atom stereocenters. The number of nitrogens with two attached hydrogens (primary N) is 1. The number of primary amides is 1. The van der Waals surface area contributed by atoms with E-state index in [4.69, 9.17) is 5.73 Å². The third kappa shape index (κ3) is 7.21. The Labute approximate surface area is 55.7 Å². The lowest BCUT2D eigenvalue weighted by Gasteiger charge is -1.86. The van der Waals surface area contributed by atoms with E-state index >= 15 is 0 Å². The van der Waals surface area contributed by atoms with Crippen LogP contribution >= 0.6 is 0 Å². The summed E-state index contributed by atoms with van der Waals surface area (Å²) in [6, 6.07) is 0. The maximum absolute atomic E-state index is 10.2. The van der Waals surface area contributed by atoms with Crippen LogP contribution in [0.5, 0.6) is 0 Å². The molecule has 2 heteroatoms. The second-order valence-electron chi connectivity index (χ2n) is 1.88. The van der Waals surface area contributed by atoms with Crippen molar-refractivity contribution in [1.82, 2.24) is 0 Å².